The molecule has 1 aliphatic heterocycles. The second kappa shape index (κ2) is 12.3. The van der Waals surface area contributed by atoms with Crippen LogP contribution in [0.15, 0.2) is 36.9 Å². The Balaban J connectivity index is 1.55. The highest BCUT2D eigenvalue weighted by Crippen LogP contribution is 2.32. The highest BCUT2D eigenvalue weighted by atomic mass is 35.5. The van der Waals surface area contributed by atoms with Crippen LogP contribution in [0.4, 0.5) is 5.69 Å². The van der Waals surface area contributed by atoms with E-state index in [9.17, 15) is 4.79 Å². The molecule has 0 spiro atoms. The molecule has 0 aromatic heterocycles. The molecule has 0 atom stereocenters. The maximum absolute atomic E-state index is 12.9. The van der Waals surface area contributed by atoms with E-state index in [0.717, 1.165) is 55.6 Å². The second-order valence-corrected chi connectivity index (χ2v) is 9.26. The lowest BCUT2D eigenvalue weighted by molar-refractivity contribution is -0.130. The lowest BCUT2D eigenvalue weighted by Crippen LogP contribution is -2.36. The number of benzene rings is 2. The summed E-state index contributed by atoms with van der Waals surface area (Å²) in [6.45, 7) is 7.77. The molecule has 8 heteroatoms. The number of ether oxygens (including phenoxy) is 2. The van der Waals surface area contributed by atoms with Crippen LogP contribution < -0.4 is 15.2 Å². The molecule has 0 radical (unpaired) electrons. The van der Waals surface area contributed by atoms with Gasteiger partial charge < -0.3 is 20.1 Å². The van der Waals surface area contributed by atoms with Crippen LogP contribution in [-0.2, 0) is 24.1 Å². The Morgan fingerprint density at radius 3 is 2.35 bits per heavy atom. The number of carbonyl (C=O) groups is 1. The molecule has 184 valence electrons. The Hall–Kier alpha value is -2.41. The van der Waals surface area contributed by atoms with Crippen molar-refractivity contribution in [2.45, 2.75) is 25.7 Å². The van der Waals surface area contributed by atoms with E-state index in [4.69, 9.17) is 38.4 Å². The van der Waals surface area contributed by atoms with Gasteiger partial charge in [0.2, 0.25) is 5.91 Å². The predicted molar refractivity (Wildman–Crippen MR) is 139 cm³/mol. The van der Waals surface area contributed by atoms with Crippen LogP contribution in [0.5, 0.6) is 11.5 Å². The first-order chi connectivity index (χ1) is 16.4. The topological polar surface area (TPSA) is 68.0 Å². The van der Waals surface area contributed by atoms with Crippen molar-refractivity contribution in [2.24, 2.45) is 0 Å². The van der Waals surface area contributed by atoms with Crippen LogP contribution in [0, 0.1) is 0 Å². The third-order valence-corrected chi connectivity index (χ3v) is 6.82. The zero-order valence-electron chi connectivity index (χ0n) is 19.9. The standard InChI is InChI=1S/C26H33Cl2N3O3/c1-4-8-30(11-6-18-13-21(27)26(29)22(28)14-18)9-5-10-31-12-7-19-15-23(33-2)24(34-3)16-20(19)17-25(31)32/h4,13-16H,1,5-12,17,29H2,2-3H3. The summed E-state index contributed by atoms with van der Waals surface area (Å²) in [4.78, 5) is 17.2. The number of carbonyl (C=O) groups excluding carboxylic acids is 1. The van der Waals surface area contributed by atoms with Crippen LogP contribution in [-0.4, -0.2) is 62.7 Å². The number of nitrogens with two attached hydrogens (primary N) is 1. The highest BCUT2D eigenvalue weighted by molar-refractivity contribution is 6.38. The van der Waals surface area contributed by atoms with Crippen molar-refractivity contribution in [1.29, 1.82) is 0 Å². The van der Waals surface area contributed by atoms with Crippen molar-refractivity contribution in [1.82, 2.24) is 9.80 Å². The van der Waals surface area contributed by atoms with Crippen LogP contribution in [0.1, 0.15) is 23.1 Å². The molecule has 6 nitrogen and oxygen atoms in total. The third-order valence-electron chi connectivity index (χ3n) is 6.20. The molecule has 2 aromatic carbocycles. The van der Waals surface area contributed by atoms with Gasteiger partial charge in [-0.2, -0.15) is 0 Å². The van der Waals surface area contributed by atoms with Gasteiger partial charge >= 0.3 is 0 Å². The van der Waals surface area contributed by atoms with Crippen molar-refractivity contribution in [3.05, 3.63) is 63.7 Å². The summed E-state index contributed by atoms with van der Waals surface area (Å²) in [5.41, 5.74) is 9.45. The number of amides is 1. The van der Waals surface area contributed by atoms with Crippen molar-refractivity contribution in [3.8, 4) is 11.5 Å². The van der Waals surface area contributed by atoms with Gasteiger partial charge in [-0.3, -0.25) is 9.69 Å². The average Bonchev–Trinajstić information content (AvgIpc) is 2.97. The minimum Gasteiger partial charge on any atom is -0.493 e. The van der Waals surface area contributed by atoms with E-state index >= 15 is 0 Å². The average molecular weight is 506 g/mol. The predicted octanol–water partition coefficient (Wildman–Crippen LogP) is 4.64. The lowest BCUT2D eigenvalue weighted by Gasteiger charge is -2.24. The molecule has 34 heavy (non-hydrogen) atoms. The van der Waals surface area contributed by atoms with E-state index < -0.39 is 0 Å². The lowest BCUT2D eigenvalue weighted by atomic mass is 10.0. The normalized spacial score (nSPS) is 13.6. The molecule has 0 unspecified atom stereocenters. The molecule has 0 bridgehead atoms. The minimum atomic E-state index is 0.146. The fourth-order valence-corrected chi connectivity index (χ4v) is 4.81. The molecular formula is C26H33Cl2N3O3. The highest BCUT2D eigenvalue weighted by Gasteiger charge is 2.22. The number of hydrogen-bond acceptors (Lipinski definition) is 5. The Labute approximate surface area is 212 Å². The molecule has 0 fully saturated rings. The number of hydrogen-bond donors (Lipinski definition) is 1. The third kappa shape index (κ3) is 6.59. The number of nitrogen functional groups attached to an aromatic ring is 1. The van der Waals surface area contributed by atoms with E-state index in [2.05, 4.69) is 11.5 Å². The molecule has 0 aliphatic carbocycles. The summed E-state index contributed by atoms with van der Waals surface area (Å²) in [5, 5.41) is 0.961. The quantitative estimate of drug-likeness (QED) is 0.355. The molecule has 1 amide bonds. The van der Waals surface area contributed by atoms with Crippen molar-refractivity contribution < 1.29 is 14.3 Å². The Morgan fingerprint density at radius 1 is 1.09 bits per heavy atom. The summed E-state index contributed by atoms with van der Waals surface area (Å²) in [6, 6.07) is 7.66. The molecule has 3 rings (SSSR count). The zero-order chi connectivity index (χ0) is 24.7. The van der Waals surface area contributed by atoms with Gasteiger partial charge in [-0.1, -0.05) is 29.3 Å². The number of halogens is 2. The smallest absolute Gasteiger partial charge is 0.227 e. The van der Waals surface area contributed by atoms with Crippen molar-refractivity contribution >= 4 is 34.8 Å². The van der Waals surface area contributed by atoms with Crippen LogP contribution in [0.3, 0.4) is 0 Å². The second-order valence-electron chi connectivity index (χ2n) is 8.45. The summed E-state index contributed by atoms with van der Waals surface area (Å²) in [5.74, 6) is 1.50. The largest absolute Gasteiger partial charge is 0.493 e. The number of rotatable bonds is 11. The monoisotopic (exact) mass is 505 g/mol. The number of anilines is 1. The molecule has 2 N–H and O–H groups in total. The fraction of sp³-hybridized carbons (Fsp3) is 0.423. The van der Waals surface area contributed by atoms with Crippen LogP contribution in [0.25, 0.3) is 0 Å². The summed E-state index contributed by atoms with van der Waals surface area (Å²) >= 11 is 12.3. The molecule has 1 aliphatic rings. The van der Waals surface area contributed by atoms with E-state index in [1.807, 2.05) is 35.2 Å². The molecule has 1 heterocycles. The van der Waals surface area contributed by atoms with Crippen LogP contribution >= 0.6 is 23.2 Å². The maximum Gasteiger partial charge on any atom is 0.227 e. The van der Waals surface area contributed by atoms with Gasteiger partial charge in [-0.25, -0.2) is 0 Å². The summed E-state index contributed by atoms with van der Waals surface area (Å²) < 4.78 is 10.8. The van der Waals surface area contributed by atoms with E-state index in [-0.39, 0.29) is 5.91 Å². The van der Waals surface area contributed by atoms with Crippen molar-refractivity contribution in [2.75, 3.05) is 52.7 Å². The van der Waals surface area contributed by atoms with Crippen LogP contribution in [0.2, 0.25) is 10.0 Å². The first kappa shape index (κ1) is 26.2. The summed E-state index contributed by atoms with van der Waals surface area (Å²) in [7, 11) is 3.24. The van der Waals surface area contributed by atoms with Gasteiger partial charge in [0.15, 0.2) is 11.5 Å². The van der Waals surface area contributed by atoms with Gasteiger partial charge in [-0.15, -0.1) is 6.58 Å². The first-order valence-corrected chi connectivity index (χ1v) is 12.2. The van der Waals surface area contributed by atoms with E-state index in [1.54, 1.807) is 14.2 Å². The van der Waals surface area contributed by atoms with Gasteiger partial charge in [0, 0.05) is 32.7 Å². The first-order valence-electron chi connectivity index (χ1n) is 11.4. The van der Waals surface area contributed by atoms with Gasteiger partial charge in [-0.05, 0) is 60.2 Å². The Kier molecular flexibility index (Phi) is 9.51. The SMILES string of the molecule is C=CCN(CCCN1CCc2cc(OC)c(OC)cc2CC1=O)CCc1cc(Cl)c(N)c(Cl)c1. The van der Waals surface area contributed by atoms with E-state index in [1.165, 1.54) is 0 Å². The number of fused-ring (bicyclic) bond motifs is 1. The van der Waals surface area contributed by atoms with E-state index in [0.29, 0.717) is 46.7 Å². The molecule has 0 saturated heterocycles. The Bertz CT molecular complexity index is 1010. The summed E-state index contributed by atoms with van der Waals surface area (Å²) in [6.07, 6.45) is 4.76. The fourth-order valence-electron chi connectivity index (χ4n) is 4.28. The molecular weight excluding hydrogens is 473 g/mol. The Morgan fingerprint density at radius 2 is 1.74 bits per heavy atom. The van der Waals surface area contributed by atoms with Gasteiger partial charge in [0.05, 0.1) is 36.4 Å². The van der Waals surface area contributed by atoms with Crippen molar-refractivity contribution in [3.63, 3.8) is 0 Å². The number of methoxy groups -OCH3 is 2. The van der Waals surface area contributed by atoms with Gasteiger partial charge in [0.25, 0.3) is 0 Å². The minimum absolute atomic E-state index is 0.146. The molecule has 2 aromatic rings. The maximum atomic E-state index is 12.9. The number of nitrogens with zero attached hydrogens (tertiary/aromatic N) is 2. The zero-order valence-corrected chi connectivity index (χ0v) is 21.4. The van der Waals surface area contributed by atoms with Gasteiger partial charge in [0.1, 0.15) is 0 Å². The molecule has 0 saturated carbocycles.